The summed E-state index contributed by atoms with van der Waals surface area (Å²) in [5, 5.41) is 21.7. The highest BCUT2D eigenvalue weighted by molar-refractivity contribution is 5.79. The van der Waals surface area contributed by atoms with Crippen LogP contribution in [0.15, 0.2) is 48.7 Å². The molecule has 8 heteroatoms. The van der Waals surface area contributed by atoms with Crippen molar-refractivity contribution in [1.82, 2.24) is 9.38 Å². The zero-order valence-electron chi connectivity index (χ0n) is 10.5. The van der Waals surface area contributed by atoms with E-state index in [1.807, 2.05) is 0 Å². The van der Waals surface area contributed by atoms with E-state index in [0.29, 0.717) is 16.8 Å². The minimum atomic E-state index is -0.568. The quantitative estimate of drug-likeness (QED) is 0.543. The molecular formula is C13H8N4O4. The molecular weight excluding hydrogens is 276 g/mol. The van der Waals surface area contributed by atoms with Crippen LogP contribution in [-0.2, 0) is 0 Å². The van der Waals surface area contributed by atoms with Gasteiger partial charge in [0.15, 0.2) is 11.2 Å². The average molecular weight is 284 g/mol. The molecule has 0 fully saturated rings. The first-order chi connectivity index (χ1) is 10.1. The van der Waals surface area contributed by atoms with E-state index in [2.05, 4.69) is 4.98 Å². The predicted molar refractivity (Wildman–Crippen MR) is 73.9 cm³/mol. The molecule has 0 amide bonds. The van der Waals surface area contributed by atoms with E-state index in [1.165, 1.54) is 28.7 Å². The third-order valence-corrected chi connectivity index (χ3v) is 3.04. The molecule has 8 nitrogen and oxygen atoms in total. The number of hydrogen-bond acceptors (Lipinski definition) is 5. The van der Waals surface area contributed by atoms with Crippen LogP contribution in [0, 0.1) is 20.2 Å². The molecule has 21 heavy (non-hydrogen) atoms. The Morgan fingerprint density at radius 3 is 2.29 bits per heavy atom. The number of nitro groups is 2. The molecule has 0 radical (unpaired) electrons. The van der Waals surface area contributed by atoms with Crippen LogP contribution in [0.5, 0.6) is 0 Å². The summed E-state index contributed by atoms with van der Waals surface area (Å²) in [5.74, 6) is -0.293. The highest BCUT2D eigenvalue weighted by atomic mass is 16.6. The van der Waals surface area contributed by atoms with Crippen molar-refractivity contribution in [2.24, 2.45) is 0 Å². The number of rotatable bonds is 3. The molecule has 1 aromatic carbocycles. The first-order valence-electron chi connectivity index (χ1n) is 5.94. The normalized spacial score (nSPS) is 10.7. The number of imidazole rings is 1. The van der Waals surface area contributed by atoms with Crippen molar-refractivity contribution in [1.29, 1.82) is 0 Å². The number of non-ortho nitro benzene ring substituents is 1. The smallest absolute Gasteiger partial charge is 0.390 e. The number of hydrogen-bond donors (Lipinski definition) is 0. The highest BCUT2D eigenvalue weighted by Crippen LogP contribution is 2.28. The van der Waals surface area contributed by atoms with E-state index in [1.54, 1.807) is 24.4 Å². The number of pyridine rings is 1. The first-order valence-corrected chi connectivity index (χ1v) is 5.94. The fourth-order valence-corrected chi connectivity index (χ4v) is 2.10. The lowest BCUT2D eigenvalue weighted by molar-refractivity contribution is -0.394. The Balaban J connectivity index is 2.20. The molecule has 104 valence electrons. The zero-order valence-corrected chi connectivity index (χ0v) is 10.5. The van der Waals surface area contributed by atoms with Crippen molar-refractivity contribution in [2.75, 3.05) is 0 Å². The summed E-state index contributed by atoms with van der Waals surface area (Å²) in [7, 11) is 0. The van der Waals surface area contributed by atoms with Crippen molar-refractivity contribution in [2.45, 2.75) is 0 Å². The second kappa shape index (κ2) is 4.67. The summed E-state index contributed by atoms with van der Waals surface area (Å²) < 4.78 is 1.37. The van der Waals surface area contributed by atoms with Crippen LogP contribution in [-0.4, -0.2) is 19.2 Å². The number of nitro benzene ring substituents is 1. The Morgan fingerprint density at radius 1 is 0.952 bits per heavy atom. The lowest BCUT2D eigenvalue weighted by Gasteiger charge is -1.95. The van der Waals surface area contributed by atoms with Crippen LogP contribution in [0.1, 0.15) is 0 Å². The van der Waals surface area contributed by atoms with Gasteiger partial charge < -0.3 is 10.1 Å². The van der Waals surface area contributed by atoms with E-state index < -0.39 is 9.85 Å². The largest absolute Gasteiger partial charge is 0.440 e. The Labute approximate surface area is 117 Å². The van der Waals surface area contributed by atoms with Gasteiger partial charge in [-0.25, -0.2) is 0 Å². The molecule has 3 aromatic rings. The van der Waals surface area contributed by atoms with Crippen LogP contribution < -0.4 is 0 Å². The maximum Gasteiger partial charge on any atom is 0.440 e. The maximum absolute atomic E-state index is 11.0. The monoisotopic (exact) mass is 284 g/mol. The molecule has 0 bridgehead atoms. The fourth-order valence-electron chi connectivity index (χ4n) is 2.10. The van der Waals surface area contributed by atoms with Crippen molar-refractivity contribution in [3.05, 3.63) is 68.9 Å². The van der Waals surface area contributed by atoms with Gasteiger partial charge >= 0.3 is 5.95 Å². The van der Waals surface area contributed by atoms with Crippen molar-refractivity contribution >= 4 is 17.2 Å². The minimum absolute atomic E-state index is 0.0447. The molecule has 3 rings (SSSR count). The van der Waals surface area contributed by atoms with Gasteiger partial charge in [-0.1, -0.05) is 11.1 Å². The van der Waals surface area contributed by atoms with Gasteiger partial charge in [-0.2, -0.15) is 4.40 Å². The maximum atomic E-state index is 11.0. The molecule has 0 saturated heterocycles. The van der Waals surface area contributed by atoms with Crippen LogP contribution >= 0.6 is 0 Å². The van der Waals surface area contributed by atoms with Gasteiger partial charge in [0.1, 0.15) is 0 Å². The minimum Gasteiger partial charge on any atom is -0.390 e. The van der Waals surface area contributed by atoms with E-state index in [9.17, 15) is 20.2 Å². The van der Waals surface area contributed by atoms with Crippen molar-refractivity contribution in [3.63, 3.8) is 0 Å². The summed E-state index contributed by atoms with van der Waals surface area (Å²) >= 11 is 0. The Kier molecular flexibility index (Phi) is 2.83. The Bertz CT molecular complexity index is 854. The average Bonchev–Trinajstić information content (AvgIpc) is 2.87. The van der Waals surface area contributed by atoms with Gasteiger partial charge in [-0.15, -0.1) is 0 Å². The third-order valence-electron chi connectivity index (χ3n) is 3.04. The summed E-state index contributed by atoms with van der Waals surface area (Å²) in [6, 6.07) is 10.9. The highest BCUT2D eigenvalue weighted by Gasteiger charge is 2.22. The van der Waals surface area contributed by atoms with Gasteiger partial charge in [0.2, 0.25) is 0 Å². The lowest BCUT2D eigenvalue weighted by atomic mass is 10.1. The number of aromatic nitrogens is 2. The van der Waals surface area contributed by atoms with E-state index in [4.69, 9.17) is 0 Å². The molecule has 0 unspecified atom stereocenters. The zero-order chi connectivity index (χ0) is 15.0. The molecule has 0 aliphatic rings. The van der Waals surface area contributed by atoms with Crippen molar-refractivity contribution in [3.8, 4) is 11.3 Å². The SMILES string of the molecule is O=[N+]([O-])c1ccc(-c2nc([N+](=O)[O-])n3ccccc23)cc1. The molecule has 0 atom stereocenters. The van der Waals surface area contributed by atoms with Gasteiger partial charge in [0.05, 0.1) is 11.1 Å². The lowest BCUT2D eigenvalue weighted by Crippen LogP contribution is -1.94. The number of fused-ring (bicyclic) bond motifs is 1. The molecule has 0 aliphatic heterocycles. The number of benzene rings is 1. The van der Waals surface area contributed by atoms with Crippen molar-refractivity contribution < 1.29 is 9.85 Å². The first kappa shape index (κ1) is 12.7. The Hall–Kier alpha value is -3.29. The third kappa shape index (κ3) is 2.08. The predicted octanol–water partition coefficient (Wildman–Crippen LogP) is 2.82. The second-order valence-corrected chi connectivity index (χ2v) is 4.28. The molecule has 2 heterocycles. The van der Waals surface area contributed by atoms with Crippen LogP contribution in [0.25, 0.3) is 16.8 Å². The van der Waals surface area contributed by atoms with Crippen LogP contribution in [0.2, 0.25) is 0 Å². The molecule has 0 N–H and O–H groups in total. The summed E-state index contributed by atoms with van der Waals surface area (Å²) in [6.45, 7) is 0. The molecule has 0 spiro atoms. The standard InChI is InChI=1S/C13H8N4O4/c18-16(19)10-6-4-9(5-7-10)12-11-3-1-2-8-15(11)13(14-12)17(20)21/h1-8H. The number of nitrogens with zero attached hydrogens (tertiary/aromatic N) is 4. The summed E-state index contributed by atoms with van der Waals surface area (Å²) in [6.07, 6.45) is 1.55. The van der Waals surface area contributed by atoms with Gasteiger partial charge in [-0.05, 0) is 29.2 Å². The summed E-state index contributed by atoms with van der Waals surface area (Å²) in [4.78, 5) is 24.6. The topological polar surface area (TPSA) is 104 Å². The van der Waals surface area contributed by atoms with Crippen LogP contribution in [0.4, 0.5) is 11.6 Å². The fraction of sp³-hybridized carbons (Fsp3) is 0. The molecule has 0 saturated carbocycles. The van der Waals surface area contributed by atoms with E-state index in [-0.39, 0.29) is 11.6 Å². The van der Waals surface area contributed by atoms with Crippen LogP contribution in [0.3, 0.4) is 0 Å². The van der Waals surface area contributed by atoms with E-state index >= 15 is 0 Å². The van der Waals surface area contributed by atoms with Gasteiger partial charge in [-0.3, -0.25) is 10.1 Å². The Morgan fingerprint density at radius 2 is 1.67 bits per heavy atom. The van der Waals surface area contributed by atoms with E-state index in [0.717, 1.165) is 0 Å². The van der Waals surface area contributed by atoms with Gasteiger partial charge in [0, 0.05) is 17.7 Å². The molecule has 0 aliphatic carbocycles. The molecule has 2 aromatic heterocycles. The second-order valence-electron chi connectivity index (χ2n) is 4.28. The summed E-state index contributed by atoms with van der Waals surface area (Å²) in [5.41, 5.74) is 1.52. The van der Waals surface area contributed by atoms with Gasteiger partial charge in [0.25, 0.3) is 5.69 Å².